The van der Waals surface area contributed by atoms with Crippen molar-refractivity contribution >= 4 is 23.9 Å². The highest BCUT2D eigenvalue weighted by atomic mass is 19.1. The standard InChI is InChI=1S/C30H41FO9/c1-6-7-12-37-27(36)40-30(24(34)16-38-26(35)39-17(2)3)11-9-20-19-14-22(31)21-13-18(32)8-10-28(21,4)25(19)23(33)15-29(20,30)5/h8,10,13,17,19-20,22-23,25,33H,6-7,9,11-12,14-16H2,1-5H3/t19-,20-,22-,23?,25+,28-,29-,30-/m0/s1. The molecule has 0 bridgehead atoms. The number of hydrogen-bond donors (Lipinski definition) is 1. The fourth-order valence-electron chi connectivity index (χ4n) is 7.94. The van der Waals surface area contributed by atoms with Crippen LogP contribution < -0.4 is 0 Å². The van der Waals surface area contributed by atoms with Crippen LogP contribution in [0.25, 0.3) is 0 Å². The Morgan fingerprint density at radius 3 is 2.58 bits per heavy atom. The van der Waals surface area contributed by atoms with Crippen molar-refractivity contribution < 1.29 is 47.6 Å². The molecule has 0 aromatic heterocycles. The number of ether oxygens (including phenoxy) is 4. The van der Waals surface area contributed by atoms with Gasteiger partial charge in [-0.3, -0.25) is 9.59 Å². The summed E-state index contributed by atoms with van der Waals surface area (Å²) in [5.41, 5.74) is -3.34. The van der Waals surface area contributed by atoms with Gasteiger partial charge >= 0.3 is 12.3 Å². The molecular formula is C30H41FO9. The van der Waals surface area contributed by atoms with Crippen LogP contribution in [-0.4, -0.2) is 66.2 Å². The molecule has 1 N–H and O–H groups in total. The molecule has 0 aromatic carbocycles. The van der Waals surface area contributed by atoms with Crippen LogP contribution >= 0.6 is 0 Å². The summed E-state index contributed by atoms with van der Waals surface area (Å²) < 4.78 is 36.9. The number of hydrogen-bond acceptors (Lipinski definition) is 9. The number of unbranched alkanes of at least 4 members (excludes halogenated alkanes) is 1. The minimum atomic E-state index is -1.76. The Labute approximate surface area is 234 Å². The van der Waals surface area contributed by atoms with Crippen LogP contribution in [0.5, 0.6) is 0 Å². The van der Waals surface area contributed by atoms with Crippen LogP contribution in [0.15, 0.2) is 23.8 Å². The van der Waals surface area contributed by atoms with Gasteiger partial charge in [0.05, 0.1) is 18.8 Å². The van der Waals surface area contributed by atoms with Crippen molar-refractivity contribution in [2.45, 2.75) is 97.1 Å². The van der Waals surface area contributed by atoms with Crippen LogP contribution in [-0.2, 0) is 28.5 Å². The van der Waals surface area contributed by atoms with Gasteiger partial charge in [0.2, 0.25) is 5.78 Å². The van der Waals surface area contributed by atoms with Crippen molar-refractivity contribution in [1.29, 1.82) is 0 Å². The number of fused-ring (bicyclic) bond motifs is 5. The Hall–Kier alpha value is -2.75. The molecule has 0 spiro atoms. The molecule has 10 heteroatoms. The smallest absolute Gasteiger partial charge is 0.434 e. The number of halogens is 1. The summed E-state index contributed by atoms with van der Waals surface area (Å²) in [5, 5.41) is 11.7. The maximum atomic E-state index is 15.7. The van der Waals surface area contributed by atoms with Crippen molar-refractivity contribution in [3.8, 4) is 0 Å². The van der Waals surface area contributed by atoms with Gasteiger partial charge in [-0.2, -0.15) is 0 Å². The Bertz CT molecular complexity index is 1100. The summed E-state index contributed by atoms with van der Waals surface area (Å²) in [6, 6.07) is 0. The molecule has 4 aliphatic rings. The molecule has 9 nitrogen and oxygen atoms in total. The number of aliphatic hydroxyl groups is 1. The van der Waals surface area contributed by atoms with Gasteiger partial charge in [-0.1, -0.05) is 33.3 Å². The molecular weight excluding hydrogens is 523 g/mol. The Morgan fingerprint density at radius 1 is 1.18 bits per heavy atom. The Morgan fingerprint density at radius 2 is 1.90 bits per heavy atom. The lowest BCUT2D eigenvalue weighted by Crippen LogP contribution is -2.64. The zero-order chi connectivity index (χ0) is 29.5. The quantitative estimate of drug-likeness (QED) is 0.319. The summed E-state index contributed by atoms with van der Waals surface area (Å²) >= 11 is 0. The second-order valence-electron chi connectivity index (χ2n) is 12.4. The summed E-state index contributed by atoms with van der Waals surface area (Å²) in [4.78, 5) is 50.9. The molecule has 4 rings (SSSR count). The first-order valence-electron chi connectivity index (χ1n) is 14.3. The third-order valence-corrected chi connectivity index (χ3v) is 9.68. The van der Waals surface area contributed by atoms with E-state index in [2.05, 4.69) is 0 Å². The number of aliphatic hydroxyl groups excluding tert-OH is 1. The third kappa shape index (κ3) is 5.08. The molecule has 222 valence electrons. The van der Waals surface area contributed by atoms with Gasteiger partial charge in [0.25, 0.3) is 0 Å². The van der Waals surface area contributed by atoms with Gasteiger partial charge in [0, 0.05) is 16.7 Å². The number of allylic oxidation sites excluding steroid dienone is 4. The van der Waals surface area contributed by atoms with Crippen LogP contribution in [0.2, 0.25) is 0 Å². The van der Waals surface area contributed by atoms with E-state index in [0.717, 1.165) is 6.42 Å². The molecule has 3 saturated carbocycles. The number of rotatable bonds is 8. The van der Waals surface area contributed by atoms with Gasteiger partial charge in [0.15, 0.2) is 18.0 Å². The summed E-state index contributed by atoms with van der Waals surface area (Å²) in [5.74, 6) is -1.96. The zero-order valence-electron chi connectivity index (χ0n) is 23.9. The van der Waals surface area contributed by atoms with Crippen LogP contribution in [0.1, 0.15) is 73.1 Å². The monoisotopic (exact) mass is 564 g/mol. The fourth-order valence-corrected chi connectivity index (χ4v) is 7.94. The Kier molecular flexibility index (Phi) is 8.50. The number of alkyl halides is 1. The zero-order valence-corrected chi connectivity index (χ0v) is 23.9. The Balaban J connectivity index is 1.68. The minimum absolute atomic E-state index is 0.0763. The summed E-state index contributed by atoms with van der Waals surface area (Å²) in [6.45, 7) is 8.28. The lowest BCUT2D eigenvalue weighted by atomic mass is 9.46. The fraction of sp³-hybridized carbons (Fsp3) is 0.733. The van der Waals surface area contributed by atoms with E-state index >= 15 is 4.39 Å². The SMILES string of the molecule is CCCCOC(=O)O[C@]1(C(=O)COC(=O)OC(C)C)CC[C@H]2[C@@H]3C[C@H](F)C4=CC(=O)C=C[C@]4(C)[C@H]3C(O)C[C@@]21C. The molecule has 0 radical (unpaired) electrons. The molecule has 40 heavy (non-hydrogen) atoms. The minimum Gasteiger partial charge on any atom is -0.434 e. The summed E-state index contributed by atoms with van der Waals surface area (Å²) in [6.07, 6.45) is 1.70. The van der Waals surface area contributed by atoms with E-state index in [1.54, 1.807) is 26.8 Å². The largest absolute Gasteiger partial charge is 0.509 e. The molecule has 1 unspecified atom stereocenters. The van der Waals surface area contributed by atoms with Gasteiger partial charge in [0.1, 0.15) is 6.17 Å². The molecule has 0 aromatic rings. The summed E-state index contributed by atoms with van der Waals surface area (Å²) in [7, 11) is 0. The van der Waals surface area contributed by atoms with E-state index in [4.69, 9.17) is 18.9 Å². The highest BCUT2D eigenvalue weighted by Gasteiger charge is 2.71. The van der Waals surface area contributed by atoms with E-state index in [1.807, 2.05) is 13.8 Å². The van der Waals surface area contributed by atoms with Crippen molar-refractivity contribution in [3.63, 3.8) is 0 Å². The van der Waals surface area contributed by atoms with Gasteiger partial charge in [-0.25, -0.2) is 14.0 Å². The van der Waals surface area contributed by atoms with Crippen LogP contribution in [0.3, 0.4) is 0 Å². The number of carbonyl (C=O) groups is 4. The second kappa shape index (κ2) is 11.3. The molecule has 3 fully saturated rings. The lowest BCUT2D eigenvalue weighted by molar-refractivity contribution is -0.186. The average molecular weight is 565 g/mol. The molecule has 4 aliphatic carbocycles. The van der Waals surface area contributed by atoms with E-state index in [0.29, 0.717) is 18.4 Å². The highest BCUT2D eigenvalue weighted by Crippen LogP contribution is 2.68. The normalized spacial score (nSPS) is 38.0. The maximum absolute atomic E-state index is 15.7. The van der Waals surface area contributed by atoms with E-state index in [-0.39, 0.29) is 43.5 Å². The van der Waals surface area contributed by atoms with Crippen LogP contribution in [0, 0.1) is 28.6 Å². The third-order valence-electron chi connectivity index (χ3n) is 9.68. The highest BCUT2D eigenvalue weighted by molar-refractivity contribution is 6.01. The van der Waals surface area contributed by atoms with E-state index < -0.39 is 65.4 Å². The van der Waals surface area contributed by atoms with Gasteiger partial charge in [-0.15, -0.1) is 0 Å². The average Bonchev–Trinajstić information content (AvgIpc) is 3.15. The van der Waals surface area contributed by atoms with E-state index in [1.165, 1.54) is 12.2 Å². The number of Topliss-reactive ketones (excluding diaryl/α,β-unsaturated/α-hetero) is 1. The van der Waals surface area contributed by atoms with Crippen molar-refractivity contribution in [2.24, 2.45) is 28.6 Å². The first-order valence-corrected chi connectivity index (χ1v) is 14.3. The van der Waals surface area contributed by atoms with Gasteiger partial charge < -0.3 is 24.1 Å². The molecule has 0 saturated heterocycles. The van der Waals surface area contributed by atoms with Crippen molar-refractivity contribution in [2.75, 3.05) is 13.2 Å². The molecule has 0 amide bonds. The van der Waals surface area contributed by atoms with E-state index in [9.17, 15) is 24.3 Å². The maximum Gasteiger partial charge on any atom is 0.509 e. The number of carbonyl (C=O) groups excluding carboxylic acids is 4. The van der Waals surface area contributed by atoms with Crippen LogP contribution in [0.4, 0.5) is 14.0 Å². The topological polar surface area (TPSA) is 125 Å². The van der Waals surface area contributed by atoms with Crippen molar-refractivity contribution in [3.05, 3.63) is 23.8 Å². The second-order valence-corrected chi connectivity index (χ2v) is 12.4. The van der Waals surface area contributed by atoms with Crippen molar-refractivity contribution in [1.82, 2.24) is 0 Å². The lowest BCUT2D eigenvalue weighted by Gasteiger charge is -2.60. The predicted molar refractivity (Wildman–Crippen MR) is 141 cm³/mol. The molecule has 8 atom stereocenters. The van der Waals surface area contributed by atoms with Gasteiger partial charge in [-0.05, 0) is 75.5 Å². The molecule has 0 heterocycles. The molecule has 0 aliphatic heterocycles. The number of ketones is 2. The first kappa shape index (κ1) is 30.2. The predicted octanol–water partition coefficient (Wildman–Crippen LogP) is 5.04. The first-order chi connectivity index (χ1) is 18.8.